The molecule has 8 heteroatoms. The maximum Gasteiger partial charge on any atom is 0.336 e. The monoisotopic (exact) mass is 365 g/mol. The maximum atomic E-state index is 12.6. The van der Waals surface area contributed by atoms with Gasteiger partial charge in [-0.1, -0.05) is 30.1 Å². The van der Waals surface area contributed by atoms with Crippen LogP contribution < -0.4 is 4.74 Å². The lowest BCUT2D eigenvalue weighted by atomic mass is 10.2. The minimum absolute atomic E-state index is 0.0952. The zero-order valence-electron chi connectivity index (χ0n) is 12.7. The first kappa shape index (κ1) is 16.5. The Kier molecular flexibility index (Phi) is 4.87. The van der Waals surface area contributed by atoms with E-state index in [1.165, 1.54) is 6.26 Å². The lowest BCUT2D eigenvalue weighted by molar-refractivity contribution is 0.0917. The van der Waals surface area contributed by atoms with Crippen LogP contribution in [0.3, 0.4) is 0 Å². The van der Waals surface area contributed by atoms with Crippen molar-refractivity contribution in [2.24, 2.45) is 0 Å². The van der Waals surface area contributed by atoms with E-state index in [1.807, 2.05) is 6.92 Å². The van der Waals surface area contributed by atoms with Gasteiger partial charge in [0, 0.05) is 10.6 Å². The van der Waals surface area contributed by atoms with Crippen molar-refractivity contribution in [1.82, 2.24) is 14.8 Å². The van der Waals surface area contributed by atoms with Crippen LogP contribution in [0.1, 0.15) is 23.9 Å². The van der Waals surface area contributed by atoms with Gasteiger partial charge in [-0.3, -0.25) is 4.79 Å². The van der Waals surface area contributed by atoms with E-state index in [0.29, 0.717) is 22.2 Å². The summed E-state index contributed by atoms with van der Waals surface area (Å²) in [6.45, 7) is 2.40. The molecule has 0 aliphatic heterocycles. The largest absolute Gasteiger partial charge is 0.462 e. The Labute approximate surface area is 148 Å². The third-order valence-electron chi connectivity index (χ3n) is 3.12. The van der Waals surface area contributed by atoms with E-state index in [9.17, 15) is 4.79 Å². The number of carbonyl (C=O) groups is 1. The third-order valence-corrected chi connectivity index (χ3v) is 3.67. The zero-order valence-corrected chi connectivity index (χ0v) is 14.2. The highest BCUT2D eigenvalue weighted by Gasteiger charge is 2.23. The number of hydrogen-bond donors (Lipinski definition) is 0. The number of furan rings is 1. The molecule has 0 N–H and O–H groups in total. The van der Waals surface area contributed by atoms with Crippen LogP contribution in [0, 0.1) is 0 Å². The molecule has 0 aliphatic rings. The first-order valence-electron chi connectivity index (χ1n) is 7.23. The molecule has 0 amide bonds. The summed E-state index contributed by atoms with van der Waals surface area (Å²) in [7, 11) is 0. The molecular formula is C16H13Cl2N3O3. The number of nitrogens with zero attached hydrogens (tertiary/aromatic N) is 3. The van der Waals surface area contributed by atoms with Crippen LogP contribution in [0.5, 0.6) is 6.01 Å². The van der Waals surface area contributed by atoms with Crippen LogP contribution in [0.15, 0.2) is 41.0 Å². The first-order chi connectivity index (χ1) is 11.6. The van der Waals surface area contributed by atoms with Gasteiger partial charge in [0.2, 0.25) is 0 Å². The smallest absolute Gasteiger partial charge is 0.336 e. The van der Waals surface area contributed by atoms with E-state index in [4.69, 9.17) is 32.4 Å². The molecule has 0 saturated carbocycles. The van der Waals surface area contributed by atoms with Crippen LogP contribution in [-0.2, 0) is 0 Å². The van der Waals surface area contributed by atoms with Gasteiger partial charge in [0.15, 0.2) is 11.6 Å². The molecule has 0 fully saturated rings. The normalized spacial score (nSPS) is 10.8. The Morgan fingerprint density at radius 2 is 2.17 bits per heavy atom. The van der Waals surface area contributed by atoms with Gasteiger partial charge in [-0.05, 0) is 36.8 Å². The Morgan fingerprint density at radius 1 is 1.33 bits per heavy atom. The van der Waals surface area contributed by atoms with Gasteiger partial charge in [0.25, 0.3) is 0 Å². The predicted molar refractivity (Wildman–Crippen MR) is 89.7 cm³/mol. The molecule has 1 aromatic carbocycles. The van der Waals surface area contributed by atoms with Crippen molar-refractivity contribution in [2.75, 3.05) is 6.61 Å². The van der Waals surface area contributed by atoms with Crippen LogP contribution in [0.2, 0.25) is 10.0 Å². The fraction of sp³-hybridized carbons (Fsp3) is 0.188. The molecule has 2 aromatic heterocycles. The average molecular weight is 366 g/mol. The first-order valence-corrected chi connectivity index (χ1v) is 7.99. The third kappa shape index (κ3) is 3.29. The molecular weight excluding hydrogens is 353 g/mol. The minimum atomic E-state index is -0.472. The molecule has 3 aromatic rings. The number of ether oxygens (including phenoxy) is 1. The quantitative estimate of drug-likeness (QED) is 0.673. The molecule has 124 valence electrons. The maximum absolute atomic E-state index is 12.6. The summed E-state index contributed by atoms with van der Waals surface area (Å²) in [6, 6.07) is 8.16. The van der Waals surface area contributed by atoms with Crippen LogP contribution in [0.4, 0.5) is 0 Å². The molecule has 0 spiro atoms. The number of carbonyl (C=O) groups excluding carboxylic acids is 1. The standard InChI is InChI=1S/C16H13Cl2N3O3/c1-2-7-24-16-19-14(11-6-5-10(17)9-12(11)18)21(20-16)15(22)13-4-3-8-23-13/h3-6,8-9H,2,7H2,1H3. The summed E-state index contributed by atoms with van der Waals surface area (Å²) in [5, 5.41) is 4.96. The van der Waals surface area contributed by atoms with E-state index in [0.717, 1.165) is 11.1 Å². The van der Waals surface area contributed by atoms with Crippen molar-refractivity contribution >= 4 is 29.1 Å². The van der Waals surface area contributed by atoms with Gasteiger partial charge in [0.05, 0.1) is 17.9 Å². The molecule has 0 unspecified atom stereocenters. The Hall–Kier alpha value is -2.31. The van der Waals surface area contributed by atoms with E-state index in [-0.39, 0.29) is 17.6 Å². The van der Waals surface area contributed by atoms with E-state index in [1.54, 1.807) is 30.3 Å². The Morgan fingerprint density at radius 3 is 2.83 bits per heavy atom. The molecule has 0 aliphatic carbocycles. The van der Waals surface area contributed by atoms with Gasteiger partial charge in [0.1, 0.15) is 0 Å². The molecule has 0 bridgehead atoms. The number of rotatable bonds is 5. The van der Waals surface area contributed by atoms with Crippen molar-refractivity contribution < 1.29 is 13.9 Å². The van der Waals surface area contributed by atoms with Gasteiger partial charge in [-0.25, -0.2) is 0 Å². The van der Waals surface area contributed by atoms with Crippen molar-refractivity contribution in [2.45, 2.75) is 13.3 Å². The predicted octanol–water partition coefficient (Wildman–Crippen LogP) is 4.32. The highest BCUT2D eigenvalue weighted by atomic mass is 35.5. The van der Waals surface area contributed by atoms with Crippen molar-refractivity contribution in [3.05, 3.63) is 52.4 Å². The van der Waals surface area contributed by atoms with E-state index < -0.39 is 5.91 Å². The minimum Gasteiger partial charge on any atom is -0.462 e. The Bertz CT molecular complexity index is 860. The average Bonchev–Trinajstić information content (AvgIpc) is 3.22. The van der Waals surface area contributed by atoms with Crippen molar-refractivity contribution in [3.8, 4) is 17.4 Å². The second kappa shape index (κ2) is 7.07. The van der Waals surface area contributed by atoms with Gasteiger partial charge < -0.3 is 9.15 Å². The summed E-state index contributed by atoms with van der Waals surface area (Å²) < 4.78 is 11.7. The molecule has 3 rings (SSSR count). The number of hydrogen-bond acceptors (Lipinski definition) is 5. The second-order valence-corrected chi connectivity index (χ2v) is 5.73. The zero-order chi connectivity index (χ0) is 17.1. The van der Waals surface area contributed by atoms with E-state index in [2.05, 4.69) is 10.1 Å². The van der Waals surface area contributed by atoms with Crippen molar-refractivity contribution in [1.29, 1.82) is 0 Å². The Balaban J connectivity index is 2.09. The highest BCUT2D eigenvalue weighted by Crippen LogP contribution is 2.30. The summed E-state index contributed by atoms with van der Waals surface area (Å²) in [4.78, 5) is 16.9. The summed E-state index contributed by atoms with van der Waals surface area (Å²) >= 11 is 12.2. The fourth-order valence-corrected chi connectivity index (χ4v) is 2.53. The lowest BCUT2D eigenvalue weighted by Crippen LogP contribution is -2.14. The van der Waals surface area contributed by atoms with Crippen LogP contribution >= 0.6 is 23.2 Å². The molecule has 6 nitrogen and oxygen atoms in total. The topological polar surface area (TPSA) is 70.2 Å². The van der Waals surface area contributed by atoms with Gasteiger partial charge >= 0.3 is 11.9 Å². The highest BCUT2D eigenvalue weighted by molar-refractivity contribution is 6.36. The molecule has 2 heterocycles. The van der Waals surface area contributed by atoms with Crippen LogP contribution in [-0.4, -0.2) is 27.3 Å². The van der Waals surface area contributed by atoms with Gasteiger partial charge in [-0.2, -0.15) is 9.67 Å². The van der Waals surface area contributed by atoms with Crippen LogP contribution in [0.25, 0.3) is 11.4 Å². The van der Waals surface area contributed by atoms with E-state index >= 15 is 0 Å². The molecule has 0 radical (unpaired) electrons. The summed E-state index contributed by atoms with van der Waals surface area (Å²) in [5.41, 5.74) is 0.514. The second-order valence-electron chi connectivity index (χ2n) is 4.88. The number of aromatic nitrogens is 3. The summed E-state index contributed by atoms with van der Waals surface area (Å²) in [6.07, 6.45) is 2.20. The SMILES string of the molecule is CCCOc1nc(-c2ccc(Cl)cc2Cl)n(C(=O)c2ccco2)n1. The van der Waals surface area contributed by atoms with Crippen molar-refractivity contribution in [3.63, 3.8) is 0 Å². The molecule has 0 saturated heterocycles. The number of halogens is 2. The lowest BCUT2D eigenvalue weighted by Gasteiger charge is -2.05. The van der Waals surface area contributed by atoms with Gasteiger partial charge in [-0.15, -0.1) is 5.10 Å². The molecule has 24 heavy (non-hydrogen) atoms. The number of benzene rings is 1. The summed E-state index contributed by atoms with van der Waals surface area (Å²) in [5.74, 6) is -0.0858. The molecule has 0 atom stereocenters. The fourth-order valence-electron chi connectivity index (χ4n) is 2.04.